The number of hydrogen-bond donors (Lipinski definition) is 2. The van der Waals surface area contributed by atoms with Crippen molar-refractivity contribution in [2.45, 2.75) is 19.0 Å². The Kier molecular flexibility index (Phi) is 8.33. The summed E-state index contributed by atoms with van der Waals surface area (Å²) in [6.07, 6.45) is 2.71. The predicted molar refractivity (Wildman–Crippen MR) is 133 cm³/mol. The lowest BCUT2D eigenvalue weighted by molar-refractivity contribution is 0.375. The van der Waals surface area contributed by atoms with Gasteiger partial charge in [-0.2, -0.15) is 4.98 Å². The highest BCUT2D eigenvalue weighted by molar-refractivity contribution is 14.0. The second-order valence-electron chi connectivity index (χ2n) is 6.83. The summed E-state index contributed by atoms with van der Waals surface area (Å²) in [6, 6.07) is 11.2. The molecule has 2 N–H and O–H groups in total. The molecule has 1 aliphatic heterocycles. The fraction of sp³-hybridized carbons (Fsp3) is 0.300. The van der Waals surface area contributed by atoms with Crippen LogP contribution in [0.4, 0.5) is 5.82 Å². The first-order valence-electron chi connectivity index (χ1n) is 9.53. The number of aromatic nitrogens is 3. The fourth-order valence-corrected chi connectivity index (χ4v) is 3.73. The van der Waals surface area contributed by atoms with Crippen LogP contribution in [0.1, 0.15) is 12.3 Å². The Hall–Kier alpha value is -2.11. The molecular formula is C20H22Cl2IN7O. The molecular weight excluding hydrogens is 552 g/mol. The van der Waals surface area contributed by atoms with Gasteiger partial charge in [0.1, 0.15) is 5.82 Å². The van der Waals surface area contributed by atoms with Gasteiger partial charge < -0.3 is 20.1 Å². The zero-order valence-electron chi connectivity index (χ0n) is 16.8. The molecule has 0 saturated carbocycles. The van der Waals surface area contributed by atoms with Crippen LogP contribution in [0.2, 0.25) is 10.0 Å². The third kappa shape index (κ3) is 5.98. The van der Waals surface area contributed by atoms with Gasteiger partial charge in [-0.3, -0.25) is 4.99 Å². The van der Waals surface area contributed by atoms with Crippen LogP contribution >= 0.6 is 47.2 Å². The first-order valence-corrected chi connectivity index (χ1v) is 10.3. The first-order chi connectivity index (χ1) is 14.6. The van der Waals surface area contributed by atoms with E-state index in [1.807, 2.05) is 24.3 Å². The lowest BCUT2D eigenvalue weighted by Gasteiger charge is -2.20. The number of halogens is 3. The zero-order valence-corrected chi connectivity index (χ0v) is 20.6. The maximum atomic E-state index is 6.27. The highest BCUT2D eigenvalue weighted by Gasteiger charge is 2.25. The molecule has 0 spiro atoms. The van der Waals surface area contributed by atoms with E-state index >= 15 is 0 Å². The van der Waals surface area contributed by atoms with Crippen LogP contribution < -0.4 is 15.5 Å². The van der Waals surface area contributed by atoms with E-state index < -0.39 is 0 Å². The van der Waals surface area contributed by atoms with Crippen molar-refractivity contribution in [3.63, 3.8) is 0 Å². The second kappa shape index (κ2) is 11.0. The highest BCUT2D eigenvalue weighted by atomic mass is 127. The van der Waals surface area contributed by atoms with Crippen molar-refractivity contribution in [1.82, 2.24) is 25.8 Å². The molecule has 1 fully saturated rings. The van der Waals surface area contributed by atoms with Crippen LogP contribution in [-0.2, 0) is 6.54 Å². The molecule has 1 aliphatic rings. The van der Waals surface area contributed by atoms with Crippen LogP contribution in [0.15, 0.2) is 52.1 Å². The summed E-state index contributed by atoms with van der Waals surface area (Å²) in [6.45, 7) is 2.02. The Bertz CT molecular complexity index is 1050. The average Bonchev–Trinajstić information content (AvgIpc) is 3.41. The maximum Gasteiger partial charge on any atom is 0.246 e. The smallest absolute Gasteiger partial charge is 0.246 e. The van der Waals surface area contributed by atoms with Crippen LogP contribution in [0.3, 0.4) is 0 Å². The standard InChI is InChI=1S/C20H21Cl2N7O.HI/c1-23-20(26-15-7-9-29(12-15)19-16(22)6-3-8-24-19)25-11-17-27-18(28-30-17)13-4-2-5-14(21)10-13;/h2-6,8,10,15H,7,9,11-12H2,1H3,(H2,23,25,26);1H. The molecule has 4 rings (SSSR count). The lowest BCUT2D eigenvalue weighted by Crippen LogP contribution is -2.44. The third-order valence-electron chi connectivity index (χ3n) is 4.75. The van der Waals surface area contributed by atoms with Crippen molar-refractivity contribution < 1.29 is 4.52 Å². The second-order valence-corrected chi connectivity index (χ2v) is 7.68. The third-order valence-corrected chi connectivity index (χ3v) is 5.28. The first kappa shape index (κ1) is 23.6. The number of rotatable bonds is 5. The fourth-order valence-electron chi connectivity index (χ4n) is 3.30. The molecule has 1 atom stereocenters. The number of nitrogens with zero attached hydrogens (tertiary/aromatic N) is 5. The van der Waals surface area contributed by atoms with Gasteiger partial charge in [-0.1, -0.05) is 40.5 Å². The van der Waals surface area contributed by atoms with E-state index in [1.165, 1.54) is 0 Å². The van der Waals surface area contributed by atoms with Gasteiger partial charge >= 0.3 is 0 Å². The van der Waals surface area contributed by atoms with Gasteiger partial charge in [0.05, 0.1) is 11.6 Å². The van der Waals surface area contributed by atoms with Crippen molar-refractivity contribution in [1.29, 1.82) is 0 Å². The van der Waals surface area contributed by atoms with E-state index in [1.54, 1.807) is 25.4 Å². The van der Waals surface area contributed by atoms with Gasteiger partial charge in [-0.15, -0.1) is 24.0 Å². The molecule has 2 aromatic heterocycles. The highest BCUT2D eigenvalue weighted by Crippen LogP contribution is 2.25. The van der Waals surface area contributed by atoms with Crippen molar-refractivity contribution >= 4 is 59.0 Å². The normalized spacial score (nSPS) is 16.2. The van der Waals surface area contributed by atoms with E-state index in [2.05, 4.69) is 35.7 Å². The topological polar surface area (TPSA) is 91.5 Å². The van der Waals surface area contributed by atoms with Crippen LogP contribution in [0, 0.1) is 0 Å². The number of anilines is 1. The Morgan fingerprint density at radius 1 is 1.29 bits per heavy atom. The Morgan fingerprint density at radius 2 is 2.16 bits per heavy atom. The van der Waals surface area contributed by atoms with Gasteiger partial charge in [-0.05, 0) is 30.7 Å². The number of aliphatic imine (C=N–C) groups is 1. The molecule has 3 heterocycles. The van der Waals surface area contributed by atoms with Crippen molar-refractivity contribution in [3.8, 4) is 11.4 Å². The molecule has 0 bridgehead atoms. The number of hydrogen-bond acceptors (Lipinski definition) is 6. The summed E-state index contributed by atoms with van der Waals surface area (Å²) in [5.74, 6) is 2.43. The van der Waals surface area contributed by atoms with Crippen LogP contribution in [0.25, 0.3) is 11.4 Å². The van der Waals surface area contributed by atoms with Gasteiger partial charge in [0, 0.05) is 43.0 Å². The van der Waals surface area contributed by atoms with E-state index in [0.717, 1.165) is 30.9 Å². The summed E-state index contributed by atoms with van der Waals surface area (Å²) in [7, 11) is 1.73. The summed E-state index contributed by atoms with van der Waals surface area (Å²) in [4.78, 5) is 15.3. The molecule has 3 aromatic rings. The summed E-state index contributed by atoms with van der Waals surface area (Å²) < 4.78 is 5.33. The van der Waals surface area contributed by atoms with E-state index in [-0.39, 0.29) is 30.0 Å². The van der Waals surface area contributed by atoms with Gasteiger partial charge in [-0.25, -0.2) is 4.98 Å². The number of benzene rings is 1. The number of nitrogens with one attached hydrogen (secondary N) is 2. The maximum absolute atomic E-state index is 6.27. The zero-order chi connectivity index (χ0) is 20.9. The molecule has 0 amide bonds. The molecule has 164 valence electrons. The van der Waals surface area contributed by atoms with Crippen LogP contribution in [0.5, 0.6) is 0 Å². The molecule has 31 heavy (non-hydrogen) atoms. The quantitative estimate of drug-likeness (QED) is 0.271. The average molecular weight is 574 g/mol. The Morgan fingerprint density at radius 3 is 2.94 bits per heavy atom. The molecule has 1 saturated heterocycles. The van der Waals surface area contributed by atoms with Crippen molar-refractivity contribution in [2.24, 2.45) is 4.99 Å². The van der Waals surface area contributed by atoms with Crippen molar-refractivity contribution in [3.05, 3.63) is 58.5 Å². The molecule has 0 aliphatic carbocycles. The molecule has 11 heteroatoms. The minimum atomic E-state index is 0. The van der Waals surface area contributed by atoms with Crippen molar-refractivity contribution in [2.75, 3.05) is 25.0 Å². The molecule has 0 radical (unpaired) electrons. The largest absolute Gasteiger partial charge is 0.353 e. The monoisotopic (exact) mass is 573 g/mol. The molecule has 8 nitrogen and oxygen atoms in total. The SMILES string of the molecule is CN=C(NCc1nc(-c2cccc(Cl)c2)no1)NC1CCN(c2ncccc2Cl)C1.I. The van der Waals surface area contributed by atoms with E-state index in [9.17, 15) is 0 Å². The summed E-state index contributed by atoms with van der Waals surface area (Å²) in [5.41, 5.74) is 0.805. The van der Waals surface area contributed by atoms with Gasteiger partial charge in [0.15, 0.2) is 5.96 Å². The Labute approximate surface area is 207 Å². The summed E-state index contributed by atoms with van der Waals surface area (Å²) in [5, 5.41) is 11.9. The van der Waals surface area contributed by atoms with Crippen LogP contribution in [-0.4, -0.2) is 47.3 Å². The minimum Gasteiger partial charge on any atom is -0.353 e. The van der Waals surface area contributed by atoms with Gasteiger partial charge in [0.25, 0.3) is 0 Å². The number of pyridine rings is 1. The lowest BCUT2D eigenvalue weighted by atomic mass is 10.2. The van der Waals surface area contributed by atoms with E-state index in [4.69, 9.17) is 27.7 Å². The summed E-state index contributed by atoms with van der Waals surface area (Å²) >= 11 is 12.3. The molecule has 1 aromatic carbocycles. The number of guanidine groups is 1. The minimum absolute atomic E-state index is 0. The molecule has 1 unspecified atom stereocenters. The predicted octanol–water partition coefficient (Wildman–Crippen LogP) is 4.00. The Balaban J connectivity index is 0.00000272. The van der Waals surface area contributed by atoms with E-state index in [0.29, 0.717) is 34.3 Å². The van der Waals surface area contributed by atoms with Gasteiger partial charge in [0.2, 0.25) is 11.7 Å².